The molecule has 2 aromatic carbocycles. The Bertz CT molecular complexity index is 1140. The highest BCUT2D eigenvalue weighted by atomic mass is 19.4. The van der Waals surface area contributed by atoms with E-state index < -0.39 is 24.1 Å². The highest BCUT2D eigenvalue weighted by Crippen LogP contribution is 2.31. The Morgan fingerprint density at radius 2 is 1.81 bits per heavy atom. The summed E-state index contributed by atoms with van der Waals surface area (Å²) in [7, 11) is 1.53. The van der Waals surface area contributed by atoms with Gasteiger partial charge in [-0.1, -0.05) is 6.07 Å². The lowest BCUT2D eigenvalue weighted by Gasteiger charge is -2.19. The number of anilines is 1. The number of ether oxygens (including phenoxy) is 2. The van der Waals surface area contributed by atoms with E-state index in [4.69, 9.17) is 4.74 Å². The number of halogens is 3. The van der Waals surface area contributed by atoms with E-state index in [0.717, 1.165) is 28.0 Å². The van der Waals surface area contributed by atoms with E-state index in [2.05, 4.69) is 9.72 Å². The Kier molecular flexibility index (Phi) is 5.14. The van der Waals surface area contributed by atoms with Crippen molar-refractivity contribution in [2.75, 3.05) is 18.6 Å². The quantitative estimate of drug-likeness (QED) is 0.569. The second-order valence-corrected chi connectivity index (χ2v) is 6.73. The molecule has 1 aliphatic rings. The second kappa shape index (κ2) is 7.78. The van der Waals surface area contributed by atoms with Crippen LogP contribution in [0.4, 0.5) is 23.7 Å². The summed E-state index contributed by atoms with van der Waals surface area (Å²) in [5.41, 5.74) is 1.59. The zero-order valence-corrected chi connectivity index (χ0v) is 16.2. The molecule has 0 saturated carbocycles. The van der Waals surface area contributed by atoms with Crippen molar-refractivity contribution in [3.8, 4) is 11.5 Å². The minimum Gasteiger partial charge on any atom is -0.496 e. The lowest BCUT2D eigenvalue weighted by molar-refractivity contribution is -0.274. The number of methoxy groups -OCH3 is 1. The van der Waals surface area contributed by atoms with Crippen LogP contribution in [0.3, 0.4) is 0 Å². The van der Waals surface area contributed by atoms with Crippen LogP contribution in [0, 0.1) is 0 Å². The van der Waals surface area contributed by atoms with Crippen molar-refractivity contribution >= 4 is 28.5 Å². The molecule has 3 aromatic rings. The molecule has 10 heteroatoms. The van der Waals surface area contributed by atoms with Gasteiger partial charge in [-0.3, -0.25) is 9.78 Å². The maximum atomic E-state index is 12.9. The molecule has 0 unspecified atom stereocenters. The summed E-state index contributed by atoms with van der Waals surface area (Å²) < 4.78 is 46.2. The fourth-order valence-corrected chi connectivity index (χ4v) is 3.47. The number of rotatable bonds is 5. The second-order valence-electron chi connectivity index (χ2n) is 6.73. The summed E-state index contributed by atoms with van der Waals surface area (Å²) >= 11 is 0. The fourth-order valence-electron chi connectivity index (χ4n) is 3.47. The molecule has 1 fully saturated rings. The van der Waals surface area contributed by atoms with Crippen LogP contribution in [-0.2, 0) is 11.3 Å². The normalized spacial score (nSPS) is 14.5. The lowest BCUT2D eigenvalue weighted by atomic mass is 10.1. The van der Waals surface area contributed by atoms with E-state index in [1.54, 1.807) is 24.4 Å². The third-order valence-corrected chi connectivity index (χ3v) is 4.76. The molecule has 1 aromatic heterocycles. The number of carbonyl (C=O) groups excluding carboxylic acids is 2. The fraction of sp³-hybridized carbons (Fsp3) is 0.190. The van der Waals surface area contributed by atoms with Gasteiger partial charge < -0.3 is 14.4 Å². The largest absolute Gasteiger partial charge is 0.573 e. The number of nitrogens with zero attached hydrogens (tertiary/aromatic N) is 3. The zero-order valence-electron chi connectivity index (χ0n) is 16.2. The van der Waals surface area contributed by atoms with Crippen LogP contribution >= 0.6 is 0 Å². The topological polar surface area (TPSA) is 72.0 Å². The van der Waals surface area contributed by atoms with E-state index >= 15 is 0 Å². The third-order valence-electron chi connectivity index (χ3n) is 4.76. The Labute approximate surface area is 174 Å². The monoisotopic (exact) mass is 431 g/mol. The number of hydrogen-bond donors (Lipinski definition) is 0. The summed E-state index contributed by atoms with van der Waals surface area (Å²) in [5, 5.41) is 0.736. The minimum atomic E-state index is -4.83. The molecule has 1 saturated heterocycles. The van der Waals surface area contributed by atoms with Crippen molar-refractivity contribution in [3.05, 3.63) is 60.3 Å². The number of imide groups is 1. The van der Waals surface area contributed by atoms with Gasteiger partial charge in [-0.05, 0) is 48.0 Å². The summed E-state index contributed by atoms with van der Waals surface area (Å²) in [6.07, 6.45) is -3.22. The Morgan fingerprint density at radius 1 is 1.06 bits per heavy atom. The van der Waals surface area contributed by atoms with Crippen molar-refractivity contribution in [3.63, 3.8) is 0 Å². The smallest absolute Gasteiger partial charge is 0.496 e. The molecule has 1 aliphatic heterocycles. The molecule has 7 nitrogen and oxygen atoms in total. The molecular weight excluding hydrogens is 415 g/mol. The maximum absolute atomic E-state index is 12.9. The Morgan fingerprint density at radius 3 is 2.48 bits per heavy atom. The van der Waals surface area contributed by atoms with Gasteiger partial charge in [0.1, 0.15) is 18.0 Å². The maximum Gasteiger partial charge on any atom is 0.573 e. The zero-order chi connectivity index (χ0) is 22.2. The lowest BCUT2D eigenvalue weighted by Crippen LogP contribution is -2.32. The van der Waals surface area contributed by atoms with Gasteiger partial charge in [0.15, 0.2) is 0 Å². The molecule has 0 spiro atoms. The predicted octanol–water partition coefficient (Wildman–Crippen LogP) is 4.11. The predicted molar refractivity (Wildman–Crippen MR) is 105 cm³/mol. The SMILES string of the molecule is COc1cccc2nccc(CN3CC(=O)N(c4ccc(OC(F)(F)F)cc4)C3=O)c12. The first-order chi connectivity index (χ1) is 14.8. The van der Waals surface area contributed by atoms with Gasteiger partial charge in [0, 0.05) is 18.1 Å². The van der Waals surface area contributed by atoms with Gasteiger partial charge in [0.2, 0.25) is 0 Å². The first-order valence-corrected chi connectivity index (χ1v) is 9.15. The highest BCUT2D eigenvalue weighted by Gasteiger charge is 2.37. The van der Waals surface area contributed by atoms with Gasteiger partial charge in [-0.25, -0.2) is 9.69 Å². The molecule has 0 atom stereocenters. The molecule has 2 heterocycles. The number of fused-ring (bicyclic) bond motifs is 1. The van der Waals surface area contributed by atoms with Crippen LogP contribution in [-0.4, -0.2) is 41.8 Å². The van der Waals surface area contributed by atoms with Crippen LogP contribution in [0.2, 0.25) is 0 Å². The van der Waals surface area contributed by atoms with Gasteiger partial charge in [-0.2, -0.15) is 0 Å². The average Bonchev–Trinajstić information content (AvgIpc) is 3.00. The number of carbonyl (C=O) groups is 2. The molecule has 0 aliphatic carbocycles. The van der Waals surface area contributed by atoms with Crippen molar-refractivity contribution in [1.82, 2.24) is 9.88 Å². The van der Waals surface area contributed by atoms with Gasteiger partial charge in [0.25, 0.3) is 5.91 Å². The number of hydrogen-bond acceptors (Lipinski definition) is 5. The van der Waals surface area contributed by atoms with Crippen molar-refractivity contribution in [1.29, 1.82) is 0 Å². The standard InChI is InChI=1S/C21H16F3N3O4/c1-30-17-4-2-3-16-19(17)13(9-10-25-16)11-26-12-18(28)27(20(26)29)14-5-7-15(8-6-14)31-21(22,23)24/h2-10H,11-12H2,1H3. The summed E-state index contributed by atoms with van der Waals surface area (Å²) in [5.74, 6) is -0.335. The third kappa shape index (κ3) is 4.09. The van der Waals surface area contributed by atoms with E-state index in [1.807, 2.05) is 6.07 Å². The van der Waals surface area contributed by atoms with Crippen LogP contribution in [0.5, 0.6) is 11.5 Å². The Balaban J connectivity index is 1.58. The van der Waals surface area contributed by atoms with Crippen molar-refractivity contribution in [2.45, 2.75) is 12.9 Å². The first kappa shape index (κ1) is 20.5. The highest BCUT2D eigenvalue weighted by molar-refractivity contribution is 6.19. The van der Waals surface area contributed by atoms with Crippen LogP contribution in [0.15, 0.2) is 54.7 Å². The molecule has 0 radical (unpaired) electrons. The van der Waals surface area contributed by atoms with E-state index in [-0.39, 0.29) is 18.8 Å². The summed E-state index contributed by atoms with van der Waals surface area (Å²) in [4.78, 5) is 32.0. The molecule has 3 amide bonds. The number of aromatic nitrogens is 1. The van der Waals surface area contributed by atoms with E-state index in [9.17, 15) is 22.8 Å². The number of urea groups is 1. The molecule has 160 valence electrons. The van der Waals surface area contributed by atoms with Crippen molar-refractivity contribution < 1.29 is 32.2 Å². The molecule has 0 bridgehead atoms. The van der Waals surface area contributed by atoms with Crippen LogP contribution < -0.4 is 14.4 Å². The minimum absolute atomic E-state index is 0.135. The molecule has 31 heavy (non-hydrogen) atoms. The average molecular weight is 431 g/mol. The molecule has 0 N–H and O–H groups in total. The number of amides is 3. The van der Waals surface area contributed by atoms with E-state index in [1.165, 1.54) is 24.1 Å². The van der Waals surface area contributed by atoms with Gasteiger partial charge >= 0.3 is 12.4 Å². The number of benzene rings is 2. The Hall–Kier alpha value is -3.82. The molecular formula is C21H16F3N3O4. The van der Waals surface area contributed by atoms with Crippen LogP contribution in [0.1, 0.15) is 5.56 Å². The first-order valence-electron chi connectivity index (χ1n) is 9.15. The summed E-state index contributed by atoms with van der Waals surface area (Å²) in [6.45, 7) is -0.0334. The number of alkyl halides is 3. The van der Waals surface area contributed by atoms with E-state index in [0.29, 0.717) is 11.3 Å². The number of pyridine rings is 1. The van der Waals surface area contributed by atoms with Crippen molar-refractivity contribution in [2.24, 2.45) is 0 Å². The summed E-state index contributed by atoms with van der Waals surface area (Å²) in [6, 6.07) is 11.1. The van der Waals surface area contributed by atoms with Gasteiger partial charge in [0.05, 0.1) is 18.3 Å². The molecule has 4 rings (SSSR count). The van der Waals surface area contributed by atoms with Crippen LogP contribution in [0.25, 0.3) is 10.9 Å². The van der Waals surface area contributed by atoms with Gasteiger partial charge in [-0.15, -0.1) is 13.2 Å².